The predicted octanol–water partition coefficient (Wildman–Crippen LogP) is 1.61. The zero-order chi connectivity index (χ0) is 8.85. The molecule has 0 saturated heterocycles. The fourth-order valence-corrected chi connectivity index (χ4v) is 0.369. The molecule has 0 aliphatic heterocycles. The van der Waals surface area contributed by atoms with Crippen LogP contribution in [0, 0.1) is 5.92 Å². The van der Waals surface area contributed by atoms with Crippen molar-refractivity contribution in [2.24, 2.45) is 16.0 Å². The molecule has 0 heterocycles. The molecular weight excluding hydrogens is 138 g/mol. The van der Waals surface area contributed by atoms with E-state index in [1.54, 1.807) is 11.3 Å². The highest BCUT2D eigenvalue weighted by atomic mass is 15.4. The molecule has 0 radical (unpaired) electrons. The molecule has 0 fully saturated rings. The van der Waals surface area contributed by atoms with Crippen LogP contribution < -0.4 is 0 Å². The van der Waals surface area contributed by atoms with Crippen LogP contribution in [0.4, 0.5) is 0 Å². The second-order valence-corrected chi connectivity index (χ2v) is 3.00. The van der Waals surface area contributed by atoms with Gasteiger partial charge in [-0.15, -0.1) is 0 Å². The Hall–Kier alpha value is -0.860. The molecule has 0 aliphatic carbocycles. The maximum atomic E-state index is 4.15. The second kappa shape index (κ2) is 4.88. The number of hydrogen-bond donors (Lipinski definition) is 0. The monoisotopic (exact) mass is 155 g/mol. The van der Waals surface area contributed by atoms with Crippen LogP contribution in [0.15, 0.2) is 10.1 Å². The molecule has 0 amide bonds. The minimum absolute atomic E-state index is 0.503. The molecule has 0 unspecified atom stereocenters. The summed E-state index contributed by atoms with van der Waals surface area (Å²) in [4.78, 5) is 4.15. The van der Waals surface area contributed by atoms with Gasteiger partial charge >= 0.3 is 0 Å². The third kappa shape index (κ3) is 5.58. The first kappa shape index (κ1) is 10.1. The zero-order valence-corrected chi connectivity index (χ0v) is 8.00. The van der Waals surface area contributed by atoms with E-state index in [0.717, 1.165) is 5.71 Å². The molecule has 0 bridgehead atoms. The van der Waals surface area contributed by atoms with Crippen LogP contribution in [-0.4, -0.2) is 31.2 Å². The van der Waals surface area contributed by atoms with Crippen LogP contribution in [0.5, 0.6) is 0 Å². The maximum absolute atomic E-state index is 4.15. The van der Waals surface area contributed by atoms with Gasteiger partial charge in [0.2, 0.25) is 0 Å². The largest absolute Gasteiger partial charge is 0.302 e. The molecule has 0 aromatic carbocycles. The lowest BCUT2D eigenvalue weighted by Gasteiger charge is -2.02. The summed E-state index contributed by atoms with van der Waals surface area (Å²) in [6.45, 7) is 6.23. The van der Waals surface area contributed by atoms with Gasteiger partial charge in [-0.2, -0.15) is 5.10 Å². The van der Waals surface area contributed by atoms with E-state index in [2.05, 4.69) is 23.9 Å². The van der Waals surface area contributed by atoms with Gasteiger partial charge in [0.25, 0.3) is 0 Å². The Bertz CT molecular complexity index is 157. The number of rotatable bonds is 3. The van der Waals surface area contributed by atoms with E-state index < -0.39 is 0 Å². The number of aliphatic imine (C=N–C) groups is 1. The number of nitrogens with zero attached hydrogens (tertiary/aromatic N) is 3. The summed E-state index contributed by atoms with van der Waals surface area (Å²) in [6, 6.07) is 0. The quantitative estimate of drug-likeness (QED) is 0.345. The van der Waals surface area contributed by atoms with Gasteiger partial charge in [0.15, 0.2) is 0 Å². The highest BCUT2D eigenvalue weighted by Crippen LogP contribution is 1.94. The topological polar surface area (TPSA) is 28.0 Å². The third-order valence-electron chi connectivity index (χ3n) is 1.38. The third-order valence-corrected chi connectivity index (χ3v) is 1.38. The van der Waals surface area contributed by atoms with Crippen LogP contribution in [0.2, 0.25) is 0 Å². The van der Waals surface area contributed by atoms with Gasteiger partial charge in [-0.3, -0.25) is 0 Å². The second-order valence-electron chi connectivity index (χ2n) is 3.00. The average molecular weight is 155 g/mol. The van der Waals surface area contributed by atoms with E-state index in [4.69, 9.17) is 0 Å². The van der Waals surface area contributed by atoms with Gasteiger partial charge in [0.05, 0.1) is 0 Å². The summed E-state index contributed by atoms with van der Waals surface area (Å²) in [5, 5.41) is 5.69. The fourth-order valence-electron chi connectivity index (χ4n) is 0.369. The Kier molecular flexibility index (Phi) is 4.50. The molecule has 3 nitrogen and oxygen atoms in total. The molecule has 0 rings (SSSR count). The summed E-state index contributed by atoms with van der Waals surface area (Å²) in [7, 11) is 3.74. The Morgan fingerprint density at radius 1 is 1.36 bits per heavy atom. The number of hydrazone groups is 1. The first-order valence-corrected chi connectivity index (χ1v) is 3.78. The molecule has 11 heavy (non-hydrogen) atoms. The smallest absolute Gasteiger partial charge is 0.135 e. The van der Waals surface area contributed by atoms with Crippen molar-refractivity contribution in [2.75, 3.05) is 14.1 Å². The Balaban J connectivity index is 3.91. The van der Waals surface area contributed by atoms with Gasteiger partial charge < -0.3 is 5.01 Å². The first-order valence-electron chi connectivity index (χ1n) is 3.78. The van der Waals surface area contributed by atoms with Crippen molar-refractivity contribution in [3.05, 3.63) is 0 Å². The first-order chi connectivity index (χ1) is 5.04. The Morgan fingerprint density at radius 3 is 2.27 bits per heavy atom. The standard InChI is InChI=1S/C8H17N3/c1-7(2)8(3)9-6-10-11(4)5/h6-7H,1-5H3/b9-8?,10-6-. The van der Waals surface area contributed by atoms with Crippen molar-refractivity contribution in [2.45, 2.75) is 20.8 Å². The van der Waals surface area contributed by atoms with Crippen LogP contribution in [0.3, 0.4) is 0 Å². The van der Waals surface area contributed by atoms with E-state index in [9.17, 15) is 0 Å². The summed E-state index contributed by atoms with van der Waals surface area (Å²) >= 11 is 0. The van der Waals surface area contributed by atoms with Gasteiger partial charge in [-0.1, -0.05) is 13.8 Å². The normalized spacial score (nSPS) is 13.1. The molecule has 0 saturated carbocycles. The van der Waals surface area contributed by atoms with Gasteiger partial charge in [0.1, 0.15) is 6.34 Å². The SMILES string of the molecule is CC(=N/C=N\N(C)C)C(C)C. The fraction of sp³-hybridized carbons (Fsp3) is 0.750. The zero-order valence-electron chi connectivity index (χ0n) is 8.00. The summed E-state index contributed by atoms with van der Waals surface area (Å²) in [5.41, 5.74) is 1.11. The summed E-state index contributed by atoms with van der Waals surface area (Å²) in [6.07, 6.45) is 1.58. The molecule has 0 N–H and O–H groups in total. The number of hydrogen-bond acceptors (Lipinski definition) is 2. The Labute approximate surface area is 68.8 Å². The molecule has 0 spiro atoms. The summed E-state index contributed by atoms with van der Waals surface area (Å²) < 4.78 is 0. The lowest BCUT2D eigenvalue weighted by Crippen LogP contribution is -2.04. The van der Waals surface area contributed by atoms with Crippen LogP contribution in [-0.2, 0) is 0 Å². The minimum atomic E-state index is 0.503. The predicted molar refractivity (Wildman–Crippen MR) is 50.1 cm³/mol. The van der Waals surface area contributed by atoms with Gasteiger partial charge in [0, 0.05) is 19.8 Å². The molecule has 0 aromatic heterocycles. The van der Waals surface area contributed by atoms with Crippen molar-refractivity contribution < 1.29 is 0 Å². The van der Waals surface area contributed by atoms with Gasteiger partial charge in [-0.05, 0) is 12.8 Å². The van der Waals surface area contributed by atoms with Crippen molar-refractivity contribution in [3.8, 4) is 0 Å². The molecule has 0 aliphatic rings. The summed E-state index contributed by atoms with van der Waals surface area (Å²) in [5.74, 6) is 0.503. The van der Waals surface area contributed by atoms with Crippen LogP contribution >= 0.6 is 0 Å². The van der Waals surface area contributed by atoms with E-state index >= 15 is 0 Å². The molecule has 0 atom stereocenters. The lowest BCUT2D eigenvalue weighted by molar-refractivity contribution is 0.439. The van der Waals surface area contributed by atoms with Gasteiger partial charge in [-0.25, -0.2) is 4.99 Å². The molecule has 3 heteroatoms. The van der Waals surface area contributed by atoms with Crippen molar-refractivity contribution in [3.63, 3.8) is 0 Å². The van der Waals surface area contributed by atoms with Crippen molar-refractivity contribution in [1.29, 1.82) is 0 Å². The molecular formula is C8H17N3. The molecule has 0 aromatic rings. The van der Waals surface area contributed by atoms with Crippen molar-refractivity contribution in [1.82, 2.24) is 5.01 Å². The van der Waals surface area contributed by atoms with Crippen molar-refractivity contribution >= 4 is 12.1 Å². The maximum Gasteiger partial charge on any atom is 0.135 e. The van der Waals surface area contributed by atoms with Crippen LogP contribution in [0.1, 0.15) is 20.8 Å². The van der Waals surface area contributed by atoms with Crippen LogP contribution in [0.25, 0.3) is 0 Å². The Morgan fingerprint density at radius 2 is 1.91 bits per heavy atom. The van der Waals surface area contributed by atoms with E-state index in [-0.39, 0.29) is 0 Å². The highest BCUT2D eigenvalue weighted by Gasteiger charge is 1.94. The van der Waals surface area contributed by atoms with E-state index in [0.29, 0.717) is 5.92 Å². The minimum Gasteiger partial charge on any atom is -0.302 e. The average Bonchev–Trinajstić information content (AvgIpc) is 1.86. The molecule has 64 valence electrons. The van der Waals surface area contributed by atoms with E-state index in [1.807, 2.05) is 21.0 Å². The van der Waals surface area contributed by atoms with E-state index in [1.165, 1.54) is 0 Å². The highest BCUT2D eigenvalue weighted by molar-refractivity contribution is 5.89. The lowest BCUT2D eigenvalue weighted by atomic mass is 10.1.